The van der Waals surface area contributed by atoms with Crippen molar-refractivity contribution in [1.82, 2.24) is 5.32 Å². The number of carbonyl (C=O) groups excluding carboxylic acids is 1. The van der Waals surface area contributed by atoms with E-state index in [9.17, 15) is 9.90 Å². The van der Waals surface area contributed by atoms with Crippen molar-refractivity contribution in [3.63, 3.8) is 0 Å². The van der Waals surface area contributed by atoms with Crippen LogP contribution in [0.1, 0.15) is 83.3 Å². The predicted molar refractivity (Wildman–Crippen MR) is 104 cm³/mol. The number of carbonyl (C=O) groups is 1. The first-order valence-electron chi connectivity index (χ1n) is 10.1. The summed E-state index contributed by atoms with van der Waals surface area (Å²) in [6.07, 6.45) is 9.74. The van der Waals surface area contributed by atoms with E-state index in [-0.39, 0.29) is 11.5 Å². The van der Waals surface area contributed by atoms with E-state index in [2.05, 4.69) is 12.2 Å². The van der Waals surface area contributed by atoms with Gasteiger partial charge in [-0.3, -0.25) is 4.79 Å². The third kappa shape index (κ3) is 5.65. The Bertz CT molecular complexity index is 508. The van der Waals surface area contributed by atoms with Crippen LogP contribution in [0, 0.1) is 5.41 Å². The largest absolute Gasteiger partial charge is 0.387 e. The lowest BCUT2D eigenvalue weighted by Crippen LogP contribution is -2.43. The number of rotatable bonds is 10. The molecule has 2 atom stereocenters. The van der Waals surface area contributed by atoms with Gasteiger partial charge in [0.25, 0.3) is 0 Å². The molecule has 0 unspecified atom stereocenters. The Labute approximate surface area is 153 Å². The van der Waals surface area contributed by atoms with Gasteiger partial charge in [0.15, 0.2) is 5.78 Å². The van der Waals surface area contributed by atoms with Gasteiger partial charge in [-0.2, -0.15) is 0 Å². The molecule has 1 aromatic carbocycles. The molecule has 1 aliphatic rings. The molecular weight excluding hydrogens is 310 g/mol. The van der Waals surface area contributed by atoms with Crippen molar-refractivity contribution in [3.8, 4) is 0 Å². The molecule has 0 heterocycles. The monoisotopic (exact) mass is 345 g/mol. The lowest BCUT2D eigenvalue weighted by atomic mass is 9.68. The molecule has 2 N–H and O–H groups in total. The molecule has 0 saturated heterocycles. The van der Waals surface area contributed by atoms with Crippen LogP contribution in [0.4, 0.5) is 0 Å². The van der Waals surface area contributed by atoms with E-state index in [1.807, 2.05) is 37.3 Å². The molecule has 3 heteroatoms. The minimum absolute atomic E-state index is 0.113. The number of hydrogen-bond acceptors (Lipinski definition) is 3. The Morgan fingerprint density at radius 1 is 1.16 bits per heavy atom. The first-order chi connectivity index (χ1) is 12.1. The Kier molecular flexibility index (Phi) is 8.11. The summed E-state index contributed by atoms with van der Waals surface area (Å²) < 4.78 is 0. The summed E-state index contributed by atoms with van der Waals surface area (Å²) in [6.45, 7) is 4.54. The van der Waals surface area contributed by atoms with Crippen molar-refractivity contribution in [2.24, 2.45) is 5.41 Å². The van der Waals surface area contributed by atoms with E-state index >= 15 is 0 Å². The lowest BCUT2D eigenvalue weighted by Gasteiger charge is -2.36. The second-order valence-corrected chi connectivity index (χ2v) is 7.75. The predicted octanol–water partition coefficient (Wildman–Crippen LogP) is 4.80. The molecule has 1 fully saturated rings. The molecule has 0 aromatic heterocycles. The van der Waals surface area contributed by atoms with Crippen molar-refractivity contribution in [2.45, 2.75) is 83.8 Å². The van der Waals surface area contributed by atoms with Gasteiger partial charge in [-0.1, -0.05) is 75.8 Å². The number of hydrogen-bond donors (Lipinski definition) is 2. The zero-order valence-corrected chi connectivity index (χ0v) is 16.0. The van der Waals surface area contributed by atoms with Gasteiger partial charge in [0.05, 0.1) is 12.6 Å². The number of ketones is 1. The van der Waals surface area contributed by atoms with Crippen LogP contribution in [0.5, 0.6) is 0 Å². The Morgan fingerprint density at radius 3 is 2.48 bits per heavy atom. The van der Waals surface area contributed by atoms with E-state index in [4.69, 9.17) is 0 Å². The highest BCUT2D eigenvalue weighted by Crippen LogP contribution is 2.41. The van der Waals surface area contributed by atoms with Crippen molar-refractivity contribution >= 4 is 5.78 Å². The van der Waals surface area contributed by atoms with Crippen LogP contribution >= 0.6 is 0 Å². The lowest BCUT2D eigenvalue weighted by molar-refractivity contribution is -0.130. The van der Waals surface area contributed by atoms with E-state index in [1.54, 1.807) is 0 Å². The number of nitrogens with one attached hydrogen (secondary N) is 1. The number of aliphatic hydroxyl groups is 1. The quantitative estimate of drug-likeness (QED) is 0.599. The molecular formula is C22H35NO2. The minimum atomic E-state index is -0.587. The smallest absolute Gasteiger partial charge is 0.152 e. The summed E-state index contributed by atoms with van der Waals surface area (Å²) in [6, 6.07) is 9.53. The molecule has 0 spiro atoms. The Morgan fingerprint density at radius 2 is 1.84 bits per heavy atom. The number of benzene rings is 1. The molecule has 1 aromatic rings. The van der Waals surface area contributed by atoms with Crippen LogP contribution in [-0.4, -0.2) is 23.5 Å². The maximum atomic E-state index is 13.0. The zero-order valence-electron chi connectivity index (χ0n) is 16.0. The first-order valence-corrected chi connectivity index (χ1v) is 10.1. The van der Waals surface area contributed by atoms with Crippen LogP contribution in [-0.2, 0) is 4.79 Å². The average molecular weight is 346 g/mol. The summed E-state index contributed by atoms with van der Waals surface area (Å²) in [7, 11) is 0. The molecule has 140 valence electrons. The third-order valence-corrected chi connectivity index (χ3v) is 5.86. The molecule has 0 amide bonds. The summed E-state index contributed by atoms with van der Waals surface area (Å²) in [5.74, 6) is 0.357. The third-order valence-electron chi connectivity index (χ3n) is 5.86. The van der Waals surface area contributed by atoms with E-state index in [0.29, 0.717) is 12.3 Å². The van der Waals surface area contributed by atoms with Gasteiger partial charge in [0.1, 0.15) is 0 Å². The minimum Gasteiger partial charge on any atom is -0.387 e. The second kappa shape index (κ2) is 10.1. The van der Waals surface area contributed by atoms with E-state index < -0.39 is 6.10 Å². The Balaban J connectivity index is 1.91. The SMILES string of the molecule is CCCCCC1(C(=O)CN[C@H](C)[C@H](O)c2ccccc2)CCCCC1. The van der Waals surface area contributed by atoms with Gasteiger partial charge in [-0.25, -0.2) is 0 Å². The summed E-state index contributed by atoms with van der Waals surface area (Å²) in [5.41, 5.74) is 0.781. The number of aliphatic hydroxyl groups excluding tert-OH is 1. The van der Waals surface area contributed by atoms with Gasteiger partial charge in [-0.15, -0.1) is 0 Å². The number of unbranched alkanes of at least 4 members (excludes halogenated alkanes) is 2. The normalized spacial score (nSPS) is 19.3. The van der Waals surface area contributed by atoms with Gasteiger partial charge < -0.3 is 10.4 Å². The highest BCUT2D eigenvalue weighted by molar-refractivity contribution is 5.86. The van der Waals surface area contributed by atoms with Crippen molar-refractivity contribution < 1.29 is 9.90 Å². The molecule has 0 aliphatic heterocycles. The fraction of sp³-hybridized carbons (Fsp3) is 0.682. The summed E-state index contributed by atoms with van der Waals surface area (Å²) in [5, 5.41) is 13.8. The zero-order chi connectivity index (χ0) is 18.1. The standard InChI is InChI=1S/C22H35NO2/c1-3-4-9-14-22(15-10-6-11-16-22)20(24)17-23-18(2)21(25)19-12-7-5-8-13-19/h5,7-8,12-13,18,21,23,25H,3-4,6,9-11,14-17H2,1-2H3/t18-,21+/m1/s1. The van der Waals surface area contributed by atoms with Crippen LogP contribution in [0.15, 0.2) is 30.3 Å². The fourth-order valence-corrected chi connectivity index (χ4v) is 4.10. The topological polar surface area (TPSA) is 49.3 Å². The van der Waals surface area contributed by atoms with Crippen LogP contribution < -0.4 is 5.32 Å². The molecule has 0 bridgehead atoms. The van der Waals surface area contributed by atoms with Gasteiger partial charge in [0.2, 0.25) is 0 Å². The van der Waals surface area contributed by atoms with Crippen LogP contribution in [0.2, 0.25) is 0 Å². The average Bonchev–Trinajstić information content (AvgIpc) is 2.66. The van der Waals surface area contributed by atoms with Crippen molar-refractivity contribution in [1.29, 1.82) is 0 Å². The maximum absolute atomic E-state index is 13.0. The highest BCUT2D eigenvalue weighted by Gasteiger charge is 2.38. The van der Waals surface area contributed by atoms with Gasteiger partial charge in [0, 0.05) is 11.5 Å². The van der Waals surface area contributed by atoms with Crippen LogP contribution in [0.25, 0.3) is 0 Å². The molecule has 1 aliphatic carbocycles. The fourth-order valence-electron chi connectivity index (χ4n) is 4.10. The van der Waals surface area contributed by atoms with Crippen molar-refractivity contribution in [3.05, 3.63) is 35.9 Å². The molecule has 25 heavy (non-hydrogen) atoms. The molecule has 3 nitrogen and oxygen atoms in total. The maximum Gasteiger partial charge on any atom is 0.152 e. The summed E-state index contributed by atoms with van der Waals surface area (Å²) >= 11 is 0. The molecule has 1 saturated carbocycles. The van der Waals surface area contributed by atoms with Crippen molar-refractivity contribution in [2.75, 3.05) is 6.54 Å². The second-order valence-electron chi connectivity index (χ2n) is 7.75. The van der Waals surface area contributed by atoms with E-state index in [1.165, 1.54) is 32.1 Å². The number of Topliss-reactive ketones (excluding diaryl/α,β-unsaturated/α-hetero) is 1. The van der Waals surface area contributed by atoms with Crippen LogP contribution in [0.3, 0.4) is 0 Å². The summed E-state index contributed by atoms with van der Waals surface area (Å²) in [4.78, 5) is 13.0. The Hall–Kier alpha value is -1.19. The molecule has 0 radical (unpaired) electrons. The van der Waals surface area contributed by atoms with E-state index in [0.717, 1.165) is 31.2 Å². The highest BCUT2D eigenvalue weighted by atomic mass is 16.3. The van der Waals surface area contributed by atoms with Gasteiger partial charge >= 0.3 is 0 Å². The molecule has 2 rings (SSSR count). The van der Waals surface area contributed by atoms with Gasteiger partial charge in [-0.05, 0) is 31.7 Å². The first kappa shape index (κ1) is 20.1.